The zero-order valence-corrected chi connectivity index (χ0v) is 15.1. The van der Waals surface area contributed by atoms with Crippen LogP contribution in [0.4, 0.5) is 5.82 Å². The number of carbonyl (C=O) groups is 1. The maximum Gasteiger partial charge on any atom is 0.266 e. The fraction of sp³-hybridized carbons (Fsp3) is 0.474. The number of aromatic amines is 1. The van der Waals surface area contributed by atoms with Crippen molar-refractivity contribution in [3.05, 3.63) is 45.0 Å². The van der Waals surface area contributed by atoms with Gasteiger partial charge in [0.15, 0.2) is 0 Å². The highest BCUT2D eigenvalue weighted by Gasteiger charge is 2.20. The molecular formula is C19H23N5O2. The number of H-pyrrole nitrogens is 1. The topological polar surface area (TPSA) is 104 Å². The van der Waals surface area contributed by atoms with Crippen LogP contribution in [0.1, 0.15) is 60.5 Å². The first-order valence-electron chi connectivity index (χ1n) is 8.97. The number of hydrogen-bond donors (Lipinski definition) is 2. The van der Waals surface area contributed by atoms with Crippen LogP contribution in [0.3, 0.4) is 0 Å². The first-order chi connectivity index (χ1) is 12.5. The number of nitrogens with one attached hydrogen (secondary N) is 2. The number of amides is 1. The molecule has 0 bridgehead atoms. The number of anilines is 1. The van der Waals surface area contributed by atoms with Crippen molar-refractivity contribution in [3.63, 3.8) is 0 Å². The van der Waals surface area contributed by atoms with Gasteiger partial charge in [-0.3, -0.25) is 9.59 Å². The Morgan fingerprint density at radius 3 is 2.85 bits per heavy atom. The van der Waals surface area contributed by atoms with E-state index in [1.807, 2.05) is 16.8 Å². The Morgan fingerprint density at radius 2 is 2.15 bits per heavy atom. The second kappa shape index (κ2) is 7.56. The molecular weight excluding hydrogens is 330 g/mol. The minimum absolute atomic E-state index is 0.103. The predicted octanol–water partition coefficient (Wildman–Crippen LogP) is 2.75. The molecule has 2 aromatic heterocycles. The molecule has 7 nitrogen and oxygen atoms in total. The van der Waals surface area contributed by atoms with Gasteiger partial charge < -0.3 is 10.3 Å². The van der Waals surface area contributed by atoms with Crippen LogP contribution in [-0.4, -0.2) is 20.7 Å². The van der Waals surface area contributed by atoms with E-state index in [0.717, 1.165) is 24.2 Å². The molecule has 1 aliphatic rings. The zero-order chi connectivity index (χ0) is 18.7. The van der Waals surface area contributed by atoms with E-state index in [-0.39, 0.29) is 23.5 Å². The number of pyridine rings is 1. The number of rotatable bonds is 5. The predicted molar refractivity (Wildman–Crippen MR) is 97.9 cm³/mol. The van der Waals surface area contributed by atoms with Gasteiger partial charge in [-0.25, -0.2) is 4.68 Å². The van der Waals surface area contributed by atoms with Gasteiger partial charge in [0.1, 0.15) is 17.5 Å². The van der Waals surface area contributed by atoms with Crippen molar-refractivity contribution in [1.29, 1.82) is 5.26 Å². The van der Waals surface area contributed by atoms with Crippen LogP contribution in [0, 0.1) is 25.2 Å². The smallest absolute Gasteiger partial charge is 0.266 e. The van der Waals surface area contributed by atoms with Crippen molar-refractivity contribution in [3.8, 4) is 6.07 Å². The molecule has 136 valence electrons. The Bertz CT molecular complexity index is 913. The van der Waals surface area contributed by atoms with Crippen LogP contribution in [0.25, 0.3) is 0 Å². The highest BCUT2D eigenvalue weighted by atomic mass is 16.1. The Kier molecular flexibility index (Phi) is 5.21. The molecule has 0 saturated heterocycles. The van der Waals surface area contributed by atoms with Crippen molar-refractivity contribution < 1.29 is 4.79 Å². The van der Waals surface area contributed by atoms with Gasteiger partial charge in [0.2, 0.25) is 5.91 Å². The largest absolute Gasteiger partial charge is 0.325 e. The molecule has 1 saturated carbocycles. The molecule has 1 aliphatic carbocycles. The molecule has 0 aromatic carbocycles. The molecule has 3 rings (SSSR count). The number of aryl methyl sites for hydroxylation is 1. The monoisotopic (exact) mass is 353 g/mol. The summed E-state index contributed by atoms with van der Waals surface area (Å²) in [6, 6.07) is 4.12. The lowest BCUT2D eigenvalue weighted by Crippen LogP contribution is -2.20. The average Bonchev–Trinajstić information content (AvgIpc) is 3.25. The van der Waals surface area contributed by atoms with E-state index in [1.165, 1.54) is 12.8 Å². The molecule has 0 unspecified atom stereocenters. The summed E-state index contributed by atoms with van der Waals surface area (Å²) in [5.41, 5.74) is 1.94. The van der Waals surface area contributed by atoms with E-state index in [4.69, 9.17) is 5.26 Å². The van der Waals surface area contributed by atoms with Gasteiger partial charge in [0.05, 0.1) is 12.2 Å². The Labute approximate surface area is 152 Å². The van der Waals surface area contributed by atoms with Crippen molar-refractivity contribution in [2.75, 3.05) is 5.32 Å². The number of aromatic nitrogens is 3. The lowest BCUT2D eigenvalue weighted by Gasteiger charge is -2.15. The van der Waals surface area contributed by atoms with Crippen molar-refractivity contribution in [2.45, 2.75) is 58.4 Å². The molecule has 1 amide bonds. The normalized spacial score (nSPS) is 14.3. The summed E-state index contributed by atoms with van der Waals surface area (Å²) >= 11 is 0. The number of nitrogens with zero attached hydrogens (tertiary/aromatic N) is 3. The number of nitriles is 1. The van der Waals surface area contributed by atoms with Crippen molar-refractivity contribution in [1.82, 2.24) is 14.8 Å². The molecule has 2 heterocycles. The van der Waals surface area contributed by atoms with Gasteiger partial charge in [-0.15, -0.1) is 0 Å². The maximum absolute atomic E-state index is 12.4. The van der Waals surface area contributed by atoms with Crippen molar-refractivity contribution >= 4 is 11.7 Å². The molecule has 0 atom stereocenters. The summed E-state index contributed by atoms with van der Waals surface area (Å²) in [6.07, 6.45) is 7.03. The second-order valence-corrected chi connectivity index (χ2v) is 6.82. The third-order valence-corrected chi connectivity index (χ3v) is 5.13. The first-order valence-corrected chi connectivity index (χ1v) is 8.97. The van der Waals surface area contributed by atoms with Gasteiger partial charge in [0, 0.05) is 18.2 Å². The zero-order valence-electron chi connectivity index (χ0n) is 15.1. The molecule has 1 fully saturated rings. The highest BCUT2D eigenvalue weighted by molar-refractivity contribution is 5.90. The van der Waals surface area contributed by atoms with Gasteiger partial charge in [-0.2, -0.15) is 10.4 Å². The minimum atomic E-state index is -0.379. The highest BCUT2D eigenvalue weighted by Crippen LogP contribution is 2.31. The summed E-state index contributed by atoms with van der Waals surface area (Å²) < 4.78 is 1.91. The van der Waals surface area contributed by atoms with Crippen LogP contribution >= 0.6 is 0 Å². The molecule has 2 N–H and O–H groups in total. The van der Waals surface area contributed by atoms with E-state index in [2.05, 4.69) is 15.4 Å². The Morgan fingerprint density at radius 1 is 1.42 bits per heavy atom. The van der Waals surface area contributed by atoms with Crippen LogP contribution in [0.15, 0.2) is 17.1 Å². The molecule has 2 aromatic rings. The van der Waals surface area contributed by atoms with E-state index in [0.29, 0.717) is 23.7 Å². The van der Waals surface area contributed by atoms with E-state index in [1.54, 1.807) is 20.0 Å². The summed E-state index contributed by atoms with van der Waals surface area (Å²) in [6.45, 7) is 3.54. The molecule has 0 radical (unpaired) electrons. The standard InChI is InChI=1S/C19H23N5O2/c1-12-15(13(2)22-19(26)16(12)11-20)7-8-18(25)23-17-9-10-21-24(17)14-5-3-4-6-14/h9-10,14H,3-8H2,1-2H3,(H,22,26)(H,23,25). The van der Waals surface area contributed by atoms with Crippen LogP contribution in [0.2, 0.25) is 0 Å². The van der Waals surface area contributed by atoms with Crippen molar-refractivity contribution in [2.24, 2.45) is 0 Å². The molecule has 26 heavy (non-hydrogen) atoms. The summed E-state index contributed by atoms with van der Waals surface area (Å²) in [5.74, 6) is 0.628. The Balaban J connectivity index is 1.68. The SMILES string of the molecule is Cc1[nH]c(=O)c(C#N)c(C)c1CCC(=O)Nc1ccnn1C1CCCC1. The molecule has 0 aliphatic heterocycles. The third-order valence-electron chi connectivity index (χ3n) is 5.13. The lowest BCUT2D eigenvalue weighted by atomic mass is 9.99. The van der Waals surface area contributed by atoms with E-state index in [9.17, 15) is 9.59 Å². The second-order valence-electron chi connectivity index (χ2n) is 6.82. The molecule has 0 spiro atoms. The van der Waals surface area contributed by atoms with E-state index < -0.39 is 0 Å². The number of hydrogen-bond acceptors (Lipinski definition) is 4. The number of carbonyl (C=O) groups excluding carboxylic acids is 1. The third kappa shape index (κ3) is 3.54. The quantitative estimate of drug-likeness (QED) is 0.862. The molecule has 7 heteroatoms. The average molecular weight is 353 g/mol. The summed E-state index contributed by atoms with van der Waals surface area (Å²) in [5, 5.41) is 16.4. The van der Waals surface area contributed by atoms with E-state index >= 15 is 0 Å². The summed E-state index contributed by atoms with van der Waals surface area (Å²) in [7, 11) is 0. The summed E-state index contributed by atoms with van der Waals surface area (Å²) in [4.78, 5) is 26.9. The van der Waals surface area contributed by atoms with Gasteiger partial charge in [-0.05, 0) is 44.2 Å². The fourth-order valence-electron chi connectivity index (χ4n) is 3.72. The van der Waals surface area contributed by atoms with Gasteiger partial charge >= 0.3 is 0 Å². The fourth-order valence-corrected chi connectivity index (χ4v) is 3.72. The van der Waals surface area contributed by atoms with Gasteiger partial charge in [0.25, 0.3) is 5.56 Å². The van der Waals surface area contributed by atoms with Gasteiger partial charge in [-0.1, -0.05) is 12.8 Å². The van der Waals surface area contributed by atoms with Crippen LogP contribution in [-0.2, 0) is 11.2 Å². The van der Waals surface area contributed by atoms with Crippen LogP contribution < -0.4 is 10.9 Å². The first kappa shape index (κ1) is 17.9. The minimum Gasteiger partial charge on any atom is -0.325 e. The lowest BCUT2D eigenvalue weighted by molar-refractivity contribution is -0.116. The maximum atomic E-state index is 12.4. The Hall–Kier alpha value is -2.88. The van der Waals surface area contributed by atoms with Crippen LogP contribution in [0.5, 0.6) is 0 Å².